The van der Waals surface area contributed by atoms with Crippen molar-refractivity contribution < 1.29 is 14.3 Å². The zero-order valence-corrected chi connectivity index (χ0v) is 15.8. The van der Waals surface area contributed by atoms with Gasteiger partial charge in [0.25, 0.3) is 5.91 Å². The monoisotopic (exact) mass is 378 g/mol. The van der Waals surface area contributed by atoms with Gasteiger partial charge in [0.05, 0.1) is 21.5 Å². The topological polar surface area (TPSA) is 68.3 Å². The average molecular weight is 378 g/mol. The molecular formula is C21H18N2O3S. The van der Waals surface area contributed by atoms with Crippen LogP contribution in [0.1, 0.15) is 22.8 Å². The number of carbonyl (C=O) groups is 2. The SMILES string of the molecule is Cc1cc(S[C@@H](C)C(=O)c2ccc3c(c2)NC(=O)CO3)nc2ccccc12. The number of hydrogen-bond acceptors (Lipinski definition) is 5. The molecule has 5 nitrogen and oxygen atoms in total. The van der Waals surface area contributed by atoms with Gasteiger partial charge in [-0.2, -0.15) is 0 Å². The number of benzene rings is 2. The summed E-state index contributed by atoms with van der Waals surface area (Å²) >= 11 is 1.43. The molecule has 4 rings (SSSR count). The average Bonchev–Trinajstić information content (AvgIpc) is 2.66. The van der Waals surface area contributed by atoms with E-state index in [1.807, 2.05) is 44.2 Å². The van der Waals surface area contributed by atoms with Crippen molar-refractivity contribution in [3.05, 3.63) is 59.7 Å². The maximum absolute atomic E-state index is 12.9. The molecule has 27 heavy (non-hydrogen) atoms. The third-order valence-corrected chi connectivity index (χ3v) is 5.48. The number of anilines is 1. The third kappa shape index (κ3) is 3.53. The van der Waals surface area contributed by atoms with Gasteiger partial charge in [0.15, 0.2) is 12.4 Å². The van der Waals surface area contributed by atoms with Crippen molar-refractivity contribution in [2.24, 2.45) is 0 Å². The van der Waals surface area contributed by atoms with Crippen LogP contribution in [-0.4, -0.2) is 28.5 Å². The molecule has 3 aromatic rings. The first-order valence-corrected chi connectivity index (χ1v) is 9.53. The van der Waals surface area contributed by atoms with E-state index in [1.54, 1.807) is 18.2 Å². The standard InChI is InChI=1S/C21H18N2O3S/c1-12-9-20(23-16-6-4-3-5-15(12)16)27-13(2)21(25)14-7-8-18-17(10-14)22-19(24)11-26-18/h3-10,13H,11H2,1-2H3,(H,22,24)/t13-/m0/s1. The van der Waals surface area contributed by atoms with E-state index in [2.05, 4.69) is 10.3 Å². The Bertz CT molecular complexity index is 1060. The van der Waals surface area contributed by atoms with Crippen LogP contribution in [0.4, 0.5) is 5.69 Å². The number of rotatable bonds is 4. The fraction of sp³-hybridized carbons (Fsp3) is 0.190. The summed E-state index contributed by atoms with van der Waals surface area (Å²) in [5.41, 5.74) is 3.13. The van der Waals surface area contributed by atoms with E-state index < -0.39 is 0 Å². The summed E-state index contributed by atoms with van der Waals surface area (Å²) in [5.74, 6) is 0.346. The number of thioether (sulfide) groups is 1. The second-order valence-electron chi connectivity index (χ2n) is 6.47. The second-order valence-corrected chi connectivity index (χ2v) is 7.83. The van der Waals surface area contributed by atoms with Gasteiger partial charge in [-0.15, -0.1) is 0 Å². The zero-order valence-electron chi connectivity index (χ0n) is 15.0. The molecule has 0 bridgehead atoms. The van der Waals surface area contributed by atoms with E-state index in [1.165, 1.54) is 11.8 Å². The van der Waals surface area contributed by atoms with E-state index in [0.29, 0.717) is 17.0 Å². The fourth-order valence-electron chi connectivity index (χ4n) is 3.08. The molecule has 6 heteroatoms. The van der Waals surface area contributed by atoms with Gasteiger partial charge in [0.2, 0.25) is 0 Å². The lowest BCUT2D eigenvalue weighted by Gasteiger charge is -2.19. The van der Waals surface area contributed by atoms with Crippen molar-refractivity contribution in [1.29, 1.82) is 0 Å². The summed E-state index contributed by atoms with van der Waals surface area (Å²) in [7, 11) is 0. The smallest absolute Gasteiger partial charge is 0.262 e. The Morgan fingerprint density at radius 1 is 1.22 bits per heavy atom. The number of nitrogens with zero attached hydrogens (tertiary/aromatic N) is 1. The summed E-state index contributed by atoms with van der Waals surface area (Å²) in [4.78, 5) is 29.0. The van der Waals surface area contributed by atoms with Crippen LogP contribution in [0.2, 0.25) is 0 Å². The van der Waals surface area contributed by atoms with Crippen LogP contribution in [0.25, 0.3) is 10.9 Å². The molecule has 1 aliphatic heterocycles. The number of aryl methyl sites for hydroxylation is 1. The zero-order chi connectivity index (χ0) is 19.0. The molecule has 0 fully saturated rings. The van der Waals surface area contributed by atoms with Gasteiger partial charge in [0, 0.05) is 10.9 Å². The minimum Gasteiger partial charge on any atom is -0.482 e. The molecule has 1 N–H and O–H groups in total. The molecule has 0 aliphatic carbocycles. The van der Waals surface area contributed by atoms with Gasteiger partial charge >= 0.3 is 0 Å². The number of carbonyl (C=O) groups excluding carboxylic acids is 2. The lowest BCUT2D eigenvalue weighted by molar-refractivity contribution is -0.118. The van der Waals surface area contributed by atoms with Crippen molar-refractivity contribution in [3.63, 3.8) is 0 Å². The summed E-state index contributed by atoms with van der Waals surface area (Å²) < 4.78 is 5.34. The lowest BCUT2D eigenvalue weighted by atomic mass is 10.1. The van der Waals surface area contributed by atoms with Gasteiger partial charge in [0.1, 0.15) is 5.75 Å². The number of nitrogens with one attached hydrogen (secondary N) is 1. The maximum atomic E-state index is 12.9. The minimum atomic E-state index is -0.309. The number of fused-ring (bicyclic) bond motifs is 2. The van der Waals surface area contributed by atoms with Gasteiger partial charge in [-0.25, -0.2) is 4.98 Å². The van der Waals surface area contributed by atoms with Crippen LogP contribution < -0.4 is 10.1 Å². The highest BCUT2D eigenvalue weighted by atomic mass is 32.2. The first kappa shape index (κ1) is 17.5. The molecule has 0 saturated carbocycles. The Morgan fingerprint density at radius 2 is 2.04 bits per heavy atom. The number of Topliss-reactive ketones (excluding diaryl/α,β-unsaturated/α-hetero) is 1. The van der Waals surface area contributed by atoms with Gasteiger partial charge in [-0.05, 0) is 49.7 Å². The van der Waals surface area contributed by atoms with E-state index in [4.69, 9.17) is 4.74 Å². The predicted molar refractivity (Wildman–Crippen MR) is 107 cm³/mol. The van der Waals surface area contributed by atoms with Gasteiger partial charge in [-0.1, -0.05) is 30.0 Å². The van der Waals surface area contributed by atoms with Crippen LogP contribution in [0.15, 0.2) is 53.6 Å². The molecule has 1 aromatic heterocycles. The number of pyridine rings is 1. The summed E-state index contributed by atoms with van der Waals surface area (Å²) in [6.45, 7) is 3.92. The summed E-state index contributed by atoms with van der Waals surface area (Å²) in [5, 5.41) is 4.36. The third-order valence-electron chi connectivity index (χ3n) is 4.46. The summed E-state index contributed by atoms with van der Waals surface area (Å²) in [6.07, 6.45) is 0. The highest BCUT2D eigenvalue weighted by Crippen LogP contribution is 2.32. The van der Waals surface area contributed by atoms with Crippen LogP contribution in [-0.2, 0) is 4.79 Å². The van der Waals surface area contributed by atoms with E-state index >= 15 is 0 Å². The van der Waals surface area contributed by atoms with E-state index in [9.17, 15) is 9.59 Å². The van der Waals surface area contributed by atoms with Gasteiger partial charge in [-0.3, -0.25) is 9.59 Å². The lowest BCUT2D eigenvalue weighted by Crippen LogP contribution is -2.25. The minimum absolute atomic E-state index is 0.000464. The number of amides is 1. The molecule has 2 aromatic carbocycles. The molecule has 1 atom stereocenters. The number of ketones is 1. The second kappa shape index (κ2) is 7.04. The van der Waals surface area contributed by atoms with Crippen molar-refractivity contribution in [3.8, 4) is 5.75 Å². The molecule has 2 heterocycles. The largest absolute Gasteiger partial charge is 0.482 e. The molecule has 1 aliphatic rings. The first-order chi connectivity index (χ1) is 13.0. The normalized spacial score (nSPS) is 14.2. The summed E-state index contributed by atoms with van der Waals surface area (Å²) in [6, 6.07) is 15.1. The molecular weight excluding hydrogens is 360 g/mol. The number of aromatic nitrogens is 1. The maximum Gasteiger partial charge on any atom is 0.262 e. The molecule has 0 unspecified atom stereocenters. The quantitative estimate of drug-likeness (QED) is 0.543. The van der Waals surface area contributed by atoms with Crippen LogP contribution in [0.3, 0.4) is 0 Å². The van der Waals surface area contributed by atoms with E-state index in [0.717, 1.165) is 21.5 Å². The molecule has 0 saturated heterocycles. The van der Waals surface area contributed by atoms with E-state index in [-0.39, 0.29) is 23.5 Å². The van der Waals surface area contributed by atoms with Crippen LogP contribution in [0, 0.1) is 6.92 Å². The fourth-order valence-corrected chi connectivity index (χ4v) is 4.09. The molecule has 0 spiro atoms. The Labute approximate surface area is 161 Å². The predicted octanol–water partition coefficient (Wildman–Crippen LogP) is 4.24. The van der Waals surface area contributed by atoms with Crippen molar-refractivity contribution in [1.82, 2.24) is 4.98 Å². The van der Waals surface area contributed by atoms with Crippen molar-refractivity contribution in [2.75, 3.05) is 11.9 Å². The first-order valence-electron chi connectivity index (χ1n) is 8.65. The Hall–Kier alpha value is -2.86. The van der Waals surface area contributed by atoms with Crippen LogP contribution in [0.5, 0.6) is 5.75 Å². The number of para-hydroxylation sites is 1. The number of hydrogen-bond donors (Lipinski definition) is 1. The van der Waals surface area contributed by atoms with Gasteiger partial charge < -0.3 is 10.1 Å². The Kier molecular flexibility index (Phi) is 4.58. The molecule has 0 radical (unpaired) electrons. The molecule has 136 valence electrons. The Morgan fingerprint density at radius 3 is 2.89 bits per heavy atom. The van der Waals surface area contributed by atoms with Crippen molar-refractivity contribution in [2.45, 2.75) is 24.1 Å². The van der Waals surface area contributed by atoms with Crippen molar-refractivity contribution >= 4 is 40.0 Å². The number of ether oxygens (including phenoxy) is 1. The molecule has 1 amide bonds. The highest BCUT2D eigenvalue weighted by molar-refractivity contribution is 8.00. The highest BCUT2D eigenvalue weighted by Gasteiger charge is 2.21. The Balaban J connectivity index is 1.56. The van der Waals surface area contributed by atoms with Crippen LogP contribution >= 0.6 is 11.8 Å².